The Hall–Kier alpha value is -4.46. The maximum atomic E-state index is 13.4. The van der Waals surface area contributed by atoms with Crippen molar-refractivity contribution in [1.29, 1.82) is 0 Å². The summed E-state index contributed by atoms with van der Waals surface area (Å²) in [7, 11) is 0. The molecule has 0 spiro atoms. The first-order valence-corrected chi connectivity index (χ1v) is 11.3. The fourth-order valence-electron chi connectivity index (χ4n) is 3.95. The van der Waals surface area contributed by atoms with Gasteiger partial charge in [-0.15, -0.1) is 0 Å². The zero-order valence-corrected chi connectivity index (χ0v) is 18.8. The number of aryl methyl sites for hydroxylation is 1. The predicted molar refractivity (Wildman–Crippen MR) is 130 cm³/mol. The van der Waals surface area contributed by atoms with Gasteiger partial charge in [0.2, 0.25) is 5.91 Å². The maximum absolute atomic E-state index is 13.4. The van der Waals surface area contributed by atoms with Gasteiger partial charge >= 0.3 is 0 Å². The maximum Gasteiger partial charge on any atom is 0.258 e. The summed E-state index contributed by atoms with van der Waals surface area (Å²) in [5.74, 6) is -0.0403. The molecular weight excluding hydrogens is 447 g/mol. The third-order valence-electron chi connectivity index (χ3n) is 5.75. The molecule has 1 aliphatic heterocycles. The van der Waals surface area contributed by atoms with Gasteiger partial charge in [0, 0.05) is 36.0 Å². The number of nitrogens with one attached hydrogen (secondary N) is 2. The van der Waals surface area contributed by atoms with E-state index in [2.05, 4.69) is 15.7 Å². The van der Waals surface area contributed by atoms with Gasteiger partial charge in [-0.2, -0.15) is 5.10 Å². The molecule has 2 N–H and O–H groups in total. The lowest BCUT2D eigenvalue weighted by molar-refractivity contribution is -0.123. The van der Waals surface area contributed by atoms with Crippen molar-refractivity contribution in [1.82, 2.24) is 15.1 Å². The topological polar surface area (TPSA) is 85.3 Å². The van der Waals surface area contributed by atoms with Gasteiger partial charge in [-0.3, -0.25) is 9.59 Å². The van der Waals surface area contributed by atoms with Crippen molar-refractivity contribution in [3.05, 3.63) is 95.9 Å². The lowest BCUT2D eigenvalue weighted by Crippen LogP contribution is -2.28. The molecule has 4 aromatic rings. The minimum atomic E-state index is -0.326. The van der Waals surface area contributed by atoms with Crippen molar-refractivity contribution < 1.29 is 18.7 Å². The van der Waals surface area contributed by atoms with Gasteiger partial charge in [0.25, 0.3) is 5.91 Å². The van der Waals surface area contributed by atoms with Crippen LogP contribution >= 0.6 is 0 Å². The molecule has 0 aliphatic carbocycles. The number of carbonyl (C=O) groups excluding carboxylic acids is 2. The highest BCUT2D eigenvalue weighted by molar-refractivity contribution is 5.94. The molecule has 35 heavy (non-hydrogen) atoms. The Kier molecular flexibility index (Phi) is 6.26. The Bertz CT molecular complexity index is 1370. The van der Waals surface area contributed by atoms with Crippen LogP contribution in [0.5, 0.6) is 5.75 Å². The molecule has 0 unspecified atom stereocenters. The molecule has 1 aromatic heterocycles. The normalized spacial score (nSPS) is 12.5. The largest absolute Gasteiger partial charge is 0.484 e. The molecule has 5 rings (SSSR count). The molecule has 2 heterocycles. The van der Waals surface area contributed by atoms with Crippen LogP contribution in [0.2, 0.25) is 0 Å². The van der Waals surface area contributed by atoms with Crippen LogP contribution in [0, 0.1) is 5.82 Å². The molecule has 2 amide bonds. The number of benzene rings is 3. The lowest BCUT2D eigenvalue weighted by atomic mass is 10.0. The average molecular weight is 471 g/mol. The molecule has 176 valence electrons. The van der Waals surface area contributed by atoms with Crippen LogP contribution in [-0.2, 0) is 22.6 Å². The minimum Gasteiger partial charge on any atom is -0.484 e. The van der Waals surface area contributed by atoms with Crippen molar-refractivity contribution in [3.63, 3.8) is 0 Å². The fraction of sp³-hybridized carbons (Fsp3) is 0.148. The van der Waals surface area contributed by atoms with Gasteiger partial charge in [0.1, 0.15) is 11.6 Å². The molecule has 0 radical (unpaired) electrons. The van der Waals surface area contributed by atoms with E-state index in [1.165, 1.54) is 12.1 Å². The first-order chi connectivity index (χ1) is 17.0. The Morgan fingerprint density at radius 1 is 1.06 bits per heavy atom. The molecule has 3 aromatic carbocycles. The Labute approximate surface area is 201 Å². The van der Waals surface area contributed by atoms with Gasteiger partial charge in [0.15, 0.2) is 6.61 Å². The summed E-state index contributed by atoms with van der Waals surface area (Å²) in [4.78, 5) is 24.0. The number of hydrogen-bond donors (Lipinski definition) is 2. The van der Waals surface area contributed by atoms with Gasteiger partial charge in [-0.25, -0.2) is 9.07 Å². The SMILES string of the molecule is O=C(COc1ccc2c(c1)CCC(=O)N2)NCc1cn(-c2ccccc2)nc1-c1ccc(F)cc1. The van der Waals surface area contributed by atoms with Crippen LogP contribution in [0.4, 0.5) is 10.1 Å². The van der Waals surface area contributed by atoms with E-state index in [-0.39, 0.29) is 30.8 Å². The van der Waals surface area contributed by atoms with Gasteiger partial charge in [0.05, 0.1) is 11.4 Å². The van der Waals surface area contributed by atoms with Crippen molar-refractivity contribution >= 4 is 17.5 Å². The first-order valence-electron chi connectivity index (χ1n) is 11.3. The van der Waals surface area contributed by atoms with Crippen LogP contribution in [0.3, 0.4) is 0 Å². The monoisotopic (exact) mass is 470 g/mol. The third kappa shape index (κ3) is 5.22. The van der Waals surface area contributed by atoms with Crippen LogP contribution < -0.4 is 15.4 Å². The van der Waals surface area contributed by atoms with Crippen LogP contribution in [-0.4, -0.2) is 28.2 Å². The number of nitrogens with zero attached hydrogens (tertiary/aromatic N) is 2. The van der Waals surface area contributed by atoms with Gasteiger partial charge in [-0.05, 0) is 66.6 Å². The zero-order valence-electron chi connectivity index (χ0n) is 18.8. The van der Waals surface area contributed by atoms with E-state index in [9.17, 15) is 14.0 Å². The number of para-hydroxylation sites is 1. The summed E-state index contributed by atoms with van der Waals surface area (Å²) in [6.07, 6.45) is 2.93. The van der Waals surface area contributed by atoms with Gasteiger partial charge in [-0.1, -0.05) is 18.2 Å². The number of hydrogen-bond acceptors (Lipinski definition) is 4. The second-order valence-electron chi connectivity index (χ2n) is 8.22. The fourth-order valence-corrected chi connectivity index (χ4v) is 3.95. The molecule has 8 heteroatoms. The van der Waals surface area contributed by atoms with E-state index in [1.807, 2.05) is 42.6 Å². The van der Waals surface area contributed by atoms with Crippen molar-refractivity contribution in [2.24, 2.45) is 0 Å². The predicted octanol–water partition coefficient (Wildman–Crippen LogP) is 4.26. The van der Waals surface area contributed by atoms with E-state index < -0.39 is 0 Å². The van der Waals surface area contributed by atoms with Crippen LogP contribution in [0.15, 0.2) is 79.0 Å². The second-order valence-corrected chi connectivity index (χ2v) is 8.22. The number of fused-ring (bicyclic) bond motifs is 1. The average Bonchev–Trinajstić information content (AvgIpc) is 3.31. The zero-order chi connectivity index (χ0) is 24.2. The molecule has 0 saturated heterocycles. The van der Waals surface area contributed by atoms with Gasteiger partial charge < -0.3 is 15.4 Å². The minimum absolute atomic E-state index is 0.00106. The summed E-state index contributed by atoms with van der Waals surface area (Å²) in [5, 5.41) is 10.4. The standard InChI is InChI=1S/C27H23FN4O3/c28-21-9-6-18(7-10-21)27-20(16-32(31-27)22-4-2-1-3-5-22)15-29-26(34)17-35-23-11-12-24-19(14-23)8-13-25(33)30-24/h1-7,9-12,14,16H,8,13,15,17H2,(H,29,34)(H,30,33). The molecule has 1 aliphatic rings. The van der Waals surface area contributed by atoms with Crippen molar-refractivity contribution in [3.8, 4) is 22.7 Å². The Morgan fingerprint density at radius 3 is 2.66 bits per heavy atom. The molecule has 0 saturated carbocycles. The quantitative estimate of drug-likeness (QED) is 0.423. The summed E-state index contributed by atoms with van der Waals surface area (Å²) in [6.45, 7) is 0.0851. The molecule has 0 atom stereocenters. The highest BCUT2D eigenvalue weighted by Crippen LogP contribution is 2.27. The van der Waals surface area contributed by atoms with Crippen LogP contribution in [0.25, 0.3) is 16.9 Å². The molecule has 0 fully saturated rings. The smallest absolute Gasteiger partial charge is 0.258 e. The van der Waals surface area contributed by atoms with E-state index in [1.54, 1.807) is 28.9 Å². The summed E-state index contributed by atoms with van der Waals surface area (Å²) in [6, 6.07) is 21.1. The third-order valence-corrected chi connectivity index (χ3v) is 5.75. The highest BCUT2D eigenvalue weighted by atomic mass is 19.1. The number of anilines is 1. The van der Waals surface area contributed by atoms with E-state index in [0.717, 1.165) is 28.1 Å². The number of amides is 2. The summed E-state index contributed by atoms with van der Waals surface area (Å²) in [5.41, 5.74) is 4.84. The first kappa shape index (κ1) is 22.3. The van der Waals surface area contributed by atoms with Crippen molar-refractivity contribution in [2.45, 2.75) is 19.4 Å². The lowest BCUT2D eigenvalue weighted by Gasteiger charge is -2.17. The highest BCUT2D eigenvalue weighted by Gasteiger charge is 2.16. The van der Waals surface area contributed by atoms with Crippen molar-refractivity contribution in [2.75, 3.05) is 11.9 Å². The summed E-state index contributed by atoms with van der Waals surface area (Å²) < 4.78 is 20.9. The number of ether oxygens (including phenoxy) is 1. The van der Waals surface area contributed by atoms with E-state index in [0.29, 0.717) is 24.3 Å². The number of aromatic nitrogens is 2. The van der Waals surface area contributed by atoms with E-state index in [4.69, 9.17) is 4.74 Å². The van der Waals surface area contributed by atoms with Crippen LogP contribution in [0.1, 0.15) is 17.5 Å². The number of carbonyl (C=O) groups is 2. The summed E-state index contributed by atoms with van der Waals surface area (Å²) >= 11 is 0. The second kappa shape index (κ2) is 9.80. The Balaban J connectivity index is 1.27. The number of halogens is 1. The number of rotatable bonds is 7. The molecular formula is C27H23FN4O3. The molecule has 0 bridgehead atoms. The van der Waals surface area contributed by atoms with E-state index >= 15 is 0 Å². The Morgan fingerprint density at radius 2 is 1.86 bits per heavy atom. The molecule has 7 nitrogen and oxygen atoms in total.